The number of aromatic nitrogens is 2. The number of piperazine rings is 1. The van der Waals surface area contributed by atoms with E-state index in [0.29, 0.717) is 0 Å². The first-order chi connectivity index (χ1) is 9.28. The average molecular weight is 263 g/mol. The normalized spacial score (nSPS) is 15.5. The lowest BCUT2D eigenvalue weighted by Crippen LogP contribution is -2.46. The van der Waals surface area contributed by atoms with E-state index in [2.05, 4.69) is 33.6 Å². The highest BCUT2D eigenvalue weighted by molar-refractivity contribution is 5.49. The molecular formula is C13H21N5O. The van der Waals surface area contributed by atoms with E-state index in [1.807, 2.05) is 12.3 Å². The highest BCUT2D eigenvalue weighted by Gasteiger charge is 2.17. The van der Waals surface area contributed by atoms with E-state index in [1.54, 1.807) is 4.90 Å². The van der Waals surface area contributed by atoms with Gasteiger partial charge in [0.1, 0.15) is 5.82 Å². The van der Waals surface area contributed by atoms with E-state index in [9.17, 15) is 4.79 Å². The molecule has 1 aliphatic heterocycles. The van der Waals surface area contributed by atoms with Crippen molar-refractivity contribution in [3.8, 4) is 0 Å². The second-order valence-electron chi connectivity index (χ2n) is 4.52. The molecule has 1 saturated heterocycles. The van der Waals surface area contributed by atoms with E-state index in [4.69, 9.17) is 0 Å². The quantitative estimate of drug-likeness (QED) is 0.728. The van der Waals surface area contributed by atoms with Crippen LogP contribution in [-0.4, -0.2) is 60.5 Å². The van der Waals surface area contributed by atoms with Crippen LogP contribution in [0, 0.1) is 0 Å². The van der Waals surface area contributed by atoms with Gasteiger partial charge in [-0.05, 0) is 19.9 Å². The third-order valence-corrected chi connectivity index (χ3v) is 3.46. The zero-order valence-electron chi connectivity index (χ0n) is 11.6. The Labute approximate surface area is 114 Å². The Morgan fingerprint density at radius 1 is 1.26 bits per heavy atom. The standard InChI is InChI=1S/C13H21N5O/c1-3-17(4-2)13-14-6-5-12(15-13)18-9-7-16(11-19)8-10-18/h5-6,11H,3-4,7-10H2,1-2H3. The minimum atomic E-state index is 0.758. The summed E-state index contributed by atoms with van der Waals surface area (Å²) in [5.41, 5.74) is 0. The van der Waals surface area contributed by atoms with Gasteiger partial charge in [0.25, 0.3) is 0 Å². The van der Waals surface area contributed by atoms with Gasteiger partial charge in [0.05, 0.1) is 0 Å². The zero-order chi connectivity index (χ0) is 13.7. The third-order valence-electron chi connectivity index (χ3n) is 3.46. The molecule has 2 rings (SSSR count). The molecule has 104 valence electrons. The van der Waals surface area contributed by atoms with Crippen LogP contribution in [0.1, 0.15) is 13.8 Å². The number of anilines is 2. The molecular weight excluding hydrogens is 242 g/mol. The van der Waals surface area contributed by atoms with Gasteiger partial charge >= 0.3 is 0 Å². The maximum Gasteiger partial charge on any atom is 0.227 e. The second-order valence-corrected chi connectivity index (χ2v) is 4.52. The summed E-state index contributed by atoms with van der Waals surface area (Å²) in [6.45, 7) is 9.17. The minimum Gasteiger partial charge on any atom is -0.353 e. The van der Waals surface area contributed by atoms with Crippen LogP contribution in [0.3, 0.4) is 0 Å². The first-order valence-electron chi connectivity index (χ1n) is 6.80. The number of carbonyl (C=O) groups excluding carboxylic acids is 1. The summed E-state index contributed by atoms with van der Waals surface area (Å²) in [4.78, 5) is 25.8. The van der Waals surface area contributed by atoms with Gasteiger partial charge < -0.3 is 14.7 Å². The Morgan fingerprint density at radius 3 is 2.53 bits per heavy atom. The molecule has 0 aliphatic carbocycles. The minimum absolute atomic E-state index is 0.758. The number of carbonyl (C=O) groups is 1. The summed E-state index contributed by atoms with van der Waals surface area (Å²) in [7, 11) is 0. The number of nitrogens with zero attached hydrogens (tertiary/aromatic N) is 5. The summed E-state index contributed by atoms with van der Waals surface area (Å²) in [6.07, 6.45) is 2.72. The molecule has 0 spiro atoms. The Bertz CT molecular complexity index is 413. The summed E-state index contributed by atoms with van der Waals surface area (Å²) in [5, 5.41) is 0. The molecule has 2 heterocycles. The van der Waals surface area contributed by atoms with Crippen molar-refractivity contribution in [2.75, 3.05) is 49.1 Å². The van der Waals surface area contributed by atoms with Crippen molar-refractivity contribution >= 4 is 18.2 Å². The van der Waals surface area contributed by atoms with Crippen LogP contribution in [0.15, 0.2) is 12.3 Å². The van der Waals surface area contributed by atoms with E-state index in [-0.39, 0.29) is 0 Å². The fraction of sp³-hybridized carbons (Fsp3) is 0.615. The van der Waals surface area contributed by atoms with Crippen LogP contribution in [0.4, 0.5) is 11.8 Å². The van der Waals surface area contributed by atoms with Crippen LogP contribution in [0.25, 0.3) is 0 Å². The molecule has 0 saturated carbocycles. The Hall–Kier alpha value is -1.85. The topological polar surface area (TPSA) is 52.6 Å². The molecule has 0 bridgehead atoms. The third kappa shape index (κ3) is 3.13. The van der Waals surface area contributed by atoms with Gasteiger partial charge in [-0.2, -0.15) is 4.98 Å². The van der Waals surface area contributed by atoms with Crippen molar-refractivity contribution in [3.63, 3.8) is 0 Å². The van der Waals surface area contributed by atoms with Crippen molar-refractivity contribution in [2.45, 2.75) is 13.8 Å². The fourth-order valence-corrected chi connectivity index (χ4v) is 2.23. The predicted octanol–water partition coefficient (Wildman–Crippen LogP) is 0.601. The lowest BCUT2D eigenvalue weighted by atomic mass is 10.3. The fourth-order valence-electron chi connectivity index (χ4n) is 2.23. The number of hydrogen-bond donors (Lipinski definition) is 0. The van der Waals surface area contributed by atoms with Crippen molar-refractivity contribution in [3.05, 3.63) is 12.3 Å². The molecule has 1 aromatic heterocycles. The van der Waals surface area contributed by atoms with Gasteiger partial charge in [-0.15, -0.1) is 0 Å². The average Bonchev–Trinajstić information content (AvgIpc) is 2.49. The Kier molecular flexibility index (Phi) is 4.54. The molecule has 0 aromatic carbocycles. The monoisotopic (exact) mass is 263 g/mol. The lowest BCUT2D eigenvalue weighted by Gasteiger charge is -2.33. The second kappa shape index (κ2) is 6.36. The maximum atomic E-state index is 10.7. The number of amides is 1. The molecule has 0 atom stereocenters. The largest absolute Gasteiger partial charge is 0.353 e. The van der Waals surface area contributed by atoms with E-state index in [1.165, 1.54) is 0 Å². The SMILES string of the molecule is CCN(CC)c1nccc(N2CCN(C=O)CC2)n1. The predicted molar refractivity (Wildman–Crippen MR) is 75.4 cm³/mol. The van der Waals surface area contributed by atoms with Crippen molar-refractivity contribution in [2.24, 2.45) is 0 Å². The van der Waals surface area contributed by atoms with Crippen LogP contribution >= 0.6 is 0 Å². The first-order valence-corrected chi connectivity index (χ1v) is 6.80. The van der Waals surface area contributed by atoms with Crippen LogP contribution in [0.2, 0.25) is 0 Å². The van der Waals surface area contributed by atoms with Crippen LogP contribution in [-0.2, 0) is 4.79 Å². The van der Waals surface area contributed by atoms with E-state index in [0.717, 1.165) is 57.4 Å². The Morgan fingerprint density at radius 2 is 1.95 bits per heavy atom. The molecule has 0 N–H and O–H groups in total. The van der Waals surface area contributed by atoms with Gasteiger partial charge in [-0.1, -0.05) is 0 Å². The van der Waals surface area contributed by atoms with Crippen molar-refractivity contribution in [1.82, 2.24) is 14.9 Å². The molecule has 6 heteroatoms. The van der Waals surface area contributed by atoms with Crippen molar-refractivity contribution < 1.29 is 4.79 Å². The molecule has 1 aliphatic rings. The van der Waals surface area contributed by atoms with E-state index >= 15 is 0 Å². The van der Waals surface area contributed by atoms with Gasteiger partial charge in [-0.25, -0.2) is 4.98 Å². The summed E-state index contributed by atoms with van der Waals surface area (Å²) in [5.74, 6) is 1.72. The van der Waals surface area contributed by atoms with Gasteiger partial charge in [0.2, 0.25) is 12.4 Å². The molecule has 0 radical (unpaired) electrons. The van der Waals surface area contributed by atoms with Gasteiger partial charge in [0.15, 0.2) is 0 Å². The summed E-state index contributed by atoms with van der Waals surface area (Å²) in [6, 6.07) is 1.93. The molecule has 1 aromatic rings. The molecule has 19 heavy (non-hydrogen) atoms. The van der Waals surface area contributed by atoms with Gasteiger partial charge in [0, 0.05) is 45.5 Å². The first kappa shape index (κ1) is 13.6. The van der Waals surface area contributed by atoms with Gasteiger partial charge in [-0.3, -0.25) is 4.79 Å². The summed E-state index contributed by atoms with van der Waals surface area (Å²) < 4.78 is 0. The highest BCUT2D eigenvalue weighted by atomic mass is 16.1. The lowest BCUT2D eigenvalue weighted by molar-refractivity contribution is -0.118. The number of rotatable bonds is 5. The number of hydrogen-bond acceptors (Lipinski definition) is 5. The van der Waals surface area contributed by atoms with Crippen LogP contribution in [0.5, 0.6) is 0 Å². The highest BCUT2D eigenvalue weighted by Crippen LogP contribution is 2.16. The maximum absolute atomic E-state index is 10.7. The zero-order valence-corrected chi connectivity index (χ0v) is 11.6. The van der Waals surface area contributed by atoms with Crippen LogP contribution < -0.4 is 9.80 Å². The van der Waals surface area contributed by atoms with E-state index < -0.39 is 0 Å². The molecule has 0 unspecified atom stereocenters. The Balaban J connectivity index is 2.08. The molecule has 1 fully saturated rings. The van der Waals surface area contributed by atoms with Crippen molar-refractivity contribution in [1.29, 1.82) is 0 Å². The summed E-state index contributed by atoms with van der Waals surface area (Å²) >= 11 is 0. The smallest absolute Gasteiger partial charge is 0.227 e. The molecule has 6 nitrogen and oxygen atoms in total. The molecule has 1 amide bonds.